The molecule has 3 rings (SSSR count). The van der Waals surface area contributed by atoms with Crippen LogP contribution >= 0.6 is 11.6 Å². The molecule has 0 bridgehead atoms. The van der Waals surface area contributed by atoms with Gasteiger partial charge in [0.25, 0.3) is 0 Å². The summed E-state index contributed by atoms with van der Waals surface area (Å²) in [6.07, 6.45) is 7.28. The number of hydrogen-bond donors (Lipinski definition) is 0. The highest BCUT2D eigenvalue weighted by Crippen LogP contribution is 2.32. The molecule has 0 spiro atoms. The monoisotopic (exact) mass is 303 g/mol. The van der Waals surface area contributed by atoms with E-state index in [4.69, 9.17) is 11.6 Å². The van der Waals surface area contributed by atoms with Crippen LogP contribution in [0.2, 0.25) is 5.02 Å². The smallest absolute Gasteiger partial charge is 0.167 e. The van der Waals surface area contributed by atoms with Crippen molar-refractivity contribution >= 4 is 17.4 Å². The second-order valence-corrected chi connectivity index (χ2v) is 6.23. The standard InChI is InChI=1S/C16H18ClN3O/c1-11-2-4-12(5-3-11)16(21)14-7-6-13(8-15(14)17)20-10-18-9-19-20/h6-12H,2-5H2,1H3. The van der Waals surface area contributed by atoms with Gasteiger partial charge in [-0.2, -0.15) is 5.10 Å². The third kappa shape index (κ3) is 3.00. The molecule has 1 aromatic heterocycles. The van der Waals surface area contributed by atoms with Crippen LogP contribution in [0.4, 0.5) is 0 Å². The van der Waals surface area contributed by atoms with Gasteiger partial charge in [0.2, 0.25) is 0 Å². The molecule has 1 aliphatic carbocycles. The Morgan fingerprint density at radius 2 is 2.05 bits per heavy atom. The van der Waals surface area contributed by atoms with Gasteiger partial charge in [-0.25, -0.2) is 9.67 Å². The Morgan fingerprint density at radius 3 is 2.67 bits per heavy atom. The molecule has 0 amide bonds. The first kappa shape index (κ1) is 14.3. The first-order valence-electron chi connectivity index (χ1n) is 7.34. The molecule has 1 aromatic carbocycles. The van der Waals surface area contributed by atoms with Crippen molar-refractivity contribution in [3.63, 3.8) is 0 Å². The Morgan fingerprint density at radius 1 is 1.29 bits per heavy atom. The molecule has 0 aliphatic heterocycles. The first-order valence-corrected chi connectivity index (χ1v) is 7.71. The number of nitrogens with zero attached hydrogens (tertiary/aromatic N) is 3. The van der Waals surface area contributed by atoms with Crippen LogP contribution in [0.15, 0.2) is 30.9 Å². The second-order valence-electron chi connectivity index (χ2n) is 5.83. The highest BCUT2D eigenvalue weighted by molar-refractivity contribution is 6.34. The van der Waals surface area contributed by atoms with Gasteiger partial charge in [-0.15, -0.1) is 0 Å². The van der Waals surface area contributed by atoms with Crippen LogP contribution in [0.1, 0.15) is 43.0 Å². The normalized spacial score (nSPS) is 22.2. The topological polar surface area (TPSA) is 47.8 Å². The maximum absolute atomic E-state index is 12.6. The molecular weight excluding hydrogens is 286 g/mol. The van der Waals surface area contributed by atoms with Crippen LogP contribution < -0.4 is 0 Å². The average molecular weight is 304 g/mol. The molecule has 0 unspecified atom stereocenters. The lowest BCUT2D eigenvalue weighted by atomic mass is 9.79. The number of hydrogen-bond acceptors (Lipinski definition) is 3. The van der Waals surface area contributed by atoms with Crippen LogP contribution in [0.5, 0.6) is 0 Å². The third-order valence-electron chi connectivity index (χ3n) is 4.29. The fourth-order valence-corrected chi connectivity index (χ4v) is 3.20. The summed E-state index contributed by atoms with van der Waals surface area (Å²) < 4.78 is 1.63. The molecule has 0 saturated heterocycles. The number of carbonyl (C=O) groups excluding carboxylic acids is 1. The molecule has 2 aromatic rings. The fourth-order valence-electron chi connectivity index (χ4n) is 2.93. The number of ketones is 1. The van der Waals surface area contributed by atoms with Gasteiger partial charge >= 0.3 is 0 Å². The number of rotatable bonds is 3. The molecule has 4 nitrogen and oxygen atoms in total. The Hall–Kier alpha value is -1.68. The molecule has 1 heterocycles. The lowest BCUT2D eigenvalue weighted by molar-refractivity contribution is 0.0876. The summed E-state index contributed by atoms with van der Waals surface area (Å²) in [6.45, 7) is 2.25. The lowest BCUT2D eigenvalue weighted by Crippen LogP contribution is -2.21. The van der Waals surface area contributed by atoms with Crippen molar-refractivity contribution in [1.82, 2.24) is 14.8 Å². The van der Waals surface area contributed by atoms with Crippen LogP contribution in [0.25, 0.3) is 5.69 Å². The molecule has 5 heteroatoms. The minimum absolute atomic E-state index is 0.121. The van der Waals surface area contributed by atoms with E-state index in [1.54, 1.807) is 23.1 Å². The largest absolute Gasteiger partial charge is 0.294 e. The Kier molecular flexibility index (Phi) is 4.06. The molecule has 110 valence electrons. The Bertz CT molecular complexity index is 631. The van der Waals surface area contributed by atoms with E-state index in [9.17, 15) is 4.79 Å². The van der Waals surface area contributed by atoms with Crippen molar-refractivity contribution < 1.29 is 4.79 Å². The fraction of sp³-hybridized carbons (Fsp3) is 0.438. The van der Waals surface area contributed by atoms with Crippen LogP contribution in [0, 0.1) is 11.8 Å². The minimum atomic E-state index is 0.121. The zero-order valence-electron chi connectivity index (χ0n) is 12.0. The van der Waals surface area contributed by atoms with Gasteiger partial charge < -0.3 is 0 Å². The van der Waals surface area contributed by atoms with E-state index in [-0.39, 0.29) is 11.7 Å². The van der Waals surface area contributed by atoms with Crippen molar-refractivity contribution in [3.8, 4) is 5.69 Å². The Labute approximate surface area is 129 Å². The predicted octanol–water partition coefficient (Wildman–Crippen LogP) is 3.93. The quantitative estimate of drug-likeness (QED) is 0.807. The summed E-state index contributed by atoms with van der Waals surface area (Å²) in [5, 5.41) is 4.55. The van der Waals surface area contributed by atoms with Gasteiger partial charge in [0.1, 0.15) is 12.7 Å². The van der Waals surface area contributed by atoms with Gasteiger partial charge in [-0.3, -0.25) is 4.79 Å². The van der Waals surface area contributed by atoms with Crippen LogP contribution in [0.3, 0.4) is 0 Å². The summed E-state index contributed by atoms with van der Waals surface area (Å²) in [5.41, 5.74) is 1.44. The molecule has 1 fully saturated rings. The van der Waals surface area contributed by atoms with E-state index < -0.39 is 0 Å². The van der Waals surface area contributed by atoms with Crippen LogP contribution in [-0.2, 0) is 0 Å². The number of Topliss-reactive ketones (excluding diaryl/α,β-unsaturated/α-hetero) is 1. The number of aromatic nitrogens is 3. The molecule has 21 heavy (non-hydrogen) atoms. The number of benzene rings is 1. The van der Waals surface area contributed by atoms with E-state index in [0.717, 1.165) is 37.3 Å². The van der Waals surface area contributed by atoms with E-state index in [2.05, 4.69) is 17.0 Å². The first-order chi connectivity index (χ1) is 10.1. The molecule has 1 aliphatic rings. The lowest BCUT2D eigenvalue weighted by Gasteiger charge is -2.25. The molecule has 0 N–H and O–H groups in total. The van der Waals surface area contributed by atoms with Gasteiger partial charge in [-0.05, 0) is 37.0 Å². The SMILES string of the molecule is CC1CCC(C(=O)c2ccc(-n3cncn3)cc2Cl)CC1. The molecule has 0 atom stereocenters. The maximum atomic E-state index is 12.6. The highest BCUT2D eigenvalue weighted by Gasteiger charge is 2.26. The maximum Gasteiger partial charge on any atom is 0.167 e. The zero-order chi connectivity index (χ0) is 14.8. The highest BCUT2D eigenvalue weighted by atomic mass is 35.5. The summed E-state index contributed by atoms with van der Waals surface area (Å²) in [4.78, 5) is 16.5. The summed E-state index contributed by atoms with van der Waals surface area (Å²) >= 11 is 6.31. The van der Waals surface area contributed by atoms with Crippen molar-refractivity contribution in [2.45, 2.75) is 32.6 Å². The Balaban J connectivity index is 1.81. The van der Waals surface area contributed by atoms with Gasteiger partial charge in [0, 0.05) is 11.5 Å². The van der Waals surface area contributed by atoms with Gasteiger partial charge in [-0.1, -0.05) is 31.4 Å². The molecular formula is C16H18ClN3O. The molecule has 0 radical (unpaired) electrons. The number of carbonyl (C=O) groups is 1. The van der Waals surface area contributed by atoms with E-state index in [1.807, 2.05) is 6.07 Å². The number of halogens is 1. The van der Waals surface area contributed by atoms with E-state index in [0.29, 0.717) is 10.6 Å². The van der Waals surface area contributed by atoms with Crippen molar-refractivity contribution in [2.75, 3.05) is 0 Å². The predicted molar refractivity (Wildman–Crippen MR) is 81.8 cm³/mol. The van der Waals surface area contributed by atoms with Crippen molar-refractivity contribution in [3.05, 3.63) is 41.4 Å². The molecule has 1 saturated carbocycles. The van der Waals surface area contributed by atoms with E-state index in [1.165, 1.54) is 6.33 Å². The summed E-state index contributed by atoms with van der Waals surface area (Å²) in [7, 11) is 0. The minimum Gasteiger partial charge on any atom is -0.294 e. The van der Waals surface area contributed by atoms with Crippen LogP contribution in [-0.4, -0.2) is 20.5 Å². The summed E-state index contributed by atoms with van der Waals surface area (Å²) in [5.74, 6) is 1.03. The third-order valence-corrected chi connectivity index (χ3v) is 4.60. The zero-order valence-corrected chi connectivity index (χ0v) is 12.8. The van der Waals surface area contributed by atoms with Crippen molar-refractivity contribution in [2.24, 2.45) is 11.8 Å². The van der Waals surface area contributed by atoms with E-state index >= 15 is 0 Å². The summed E-state index contributed by atoms with van der Waals surface area (Å²) in [6, 6.07) is 5.44. The van der Waals surface area contributed by atoms with Gasteiger partial charge in [0.15, 0.2) is 5.78 Å². The van der Waals surface area contributed by atoms with Crippen molar-refractivity contribution in [1.29, 1.82) is 0 Å². The average Bonchev–Trinajstić information content (AvgIpc) is 3.01. The second kappa shape index (κ2) is 5.98. The van der Waals surface area contributed by atoms with Gasteiger partial charge in [0.05, 0.1) is 10.7 Å².